The van der Waals surface area contributed by atoms with Gasteiger partial charge < -0.3 is 4.90 Å². The van der Waals surface area contributed by atoms with Crippen molar-refractivity contribution in [2.75, 3.05) is 18.0 Å². The largest absolute Gasteiger partial charge is 0.357 e. The quantitative estimate of drug-likeness (QED) is 0.744. The first-order valence-electron chi connectivity index (χ1n) is 5.14. The van der Waals surface area contributed by atoms with E-state index < -0.39 is 0 Å². The maximum absolute atomic E-state index is 5.79. The summed E-state index contributed by atoms with van der Waals surface area (Å²) in [4.78, 5) is 6.60. The first-order chi connectivity index (χ1) is 6.77. The molecule has 1 heterocycles. The van der Waals surface area contributed by atoms with Crippen molar-refractivity contribution >= 4 is 17.4 Å². The highest BCUT2D eigenvalue weighted by Gasteiger charge is 2.04. The van der Waals surface area contributed by atoms with Crippen LogP contribution in [0.3, 0.4) is 0 Å². The Morgan fingerprint density at radius 3 is 2.29 bits per heavy atom. The highest BCUT2D eigenvalue weighted by atomic mass is 35.5. The van der Waals surface area contributed by atoms with Gasteiger partial charge in [-0.2, -0.15) is 0 Å². The van der Waals surface area contributed by atoms with Gasteiger partial charge in [-0.05, 0) is 25.0 Å². The second-order valence-electron chi connectivity index (χ2n) is 3.32. The van der Waals surface area contributed by atoms with Gasteiger partial charge in [-0.3, -0.25) is 0 Å². The lowest BCUT2D eigenvalue weighted by molar-refractivity contribution is 0.734. The van der Waals surface area contributed by atoms with Crippen molar-refractivity contribution in [2.24, 2.45) is 0 Å². The summed E-state index contributed by atoms with van der Waals surface area (Å²) in [6.07, 6.45) is 3.99. The van der Waals surface area contributed by atoms with Crippen molar-refractivity contribution in [1.29, 1.82) is 0 Å². The molecule has 2 nitrogen and oxygen atoms in total. The van der Waals surface area contributed by atoms with E-state index in [0.717, 1.165) is 31.7 Å². The first kappa shape index (κ1) is 11.3. The lowest BCUT2D eigenvalue weighted by Gasteiger charge is -2.22. The summed E-state index contributed by atoms with van der Waals surface area (Å²) in [5.74, 6) is 1.03. The average Bonchev–Trinajstić information content (AvgIpc) is 2.19. The third-order valence-corrected chi connectivity index (χ3v) is 2.25. The minimum atomic E-state index is 0.696. The molecule has 0 aliphatic rings. The summed E-state index contributed by atoms with van der Waals surface area (Å²) in [5.41, 5.74) is 0. The molecule has 0 atom stereocenters. The average molecular weight is 213 g/mol. The zero-order valence-electron chi connectivity index (χ0n) is 8.83. The number of aromatic nitrogens is 1. The van der Waals surface area contributed by atoms with Crippen LogP contribution in [0.25, 0.3) is 0 Å². The summed E-state index contributed by atoms with van der Waals surface area (Å²) in [5, 5.41) is 0.696. The maximum atomic E-state index is 5.79. The normalized spacial score (nSPS) is 10.2. The van der Waals surface area contributed by atoms with Crippen LogP contribution in [0.15, 0.2) is 18.3 Å². The highest BCUT2D eigenvalue weighted by molar-refractivity contribution is 6.30. The number of nitrogens with zero attached hydrogens (tertiary/aromatic N) is 2. The molecule has 78 valence electrons. The van der Waals surface area contributed by atoms with Gasteiger partial charge in [0.05, 0.1) is 5.02 Å². The van der Waals surface area contributed by atoms with Crippen molar-refractivity contribution in [2.45, 2.75) is 26.7 Å². The number of anilines is 1. The fourth-order valence-electron chi connectivity index (χ4n) is 1.44. The molecule has 14 heavy (non-hydrogen) atoms. The van der Waals surface area contributed by atoms with Crippen LogP contribution in [0.5, 0.6) is 0 Å². The van der Waals surface area contributed by atoms with E-state index in [2.05, 4.69) is 23.7 Å². The van der Waals surface area contributed by atoms with E-state index in [9.17, 15) is 0 Å². The second kappa shape index (κ2) is 5.86. The van der Waals surface area contributed by atoms with Crippen LogP contribution in [-0.4, -0.2) is 18.1 Å². The number of halogens is 1. The van der Waals surface area contributed by atoms with Gasteiger partial charge in [-0.15, -0.1) is 0 Å². The molecule has 3 heteroatoms. The predicted molar refractivity (Wildman–Crippen MR) is 62.0 cm³/mol. The zero-order valence-corrected chi connectivity index (χ0v) is 9.59. The predicted octanol–water partition coefficient (Wildman–Crippen LogP) is 3.36. The standard InChI is InChI=1S/C11H17ClN2/c1-3-7-14(8-4-2)11-6-5-10(12)9-13-11/h5-6,9H,3-4,7-8H2,1-2H3. The first-order valence-corrected chi connectivity index (χ1v) is 5.52. The van der Waals surface area contributed by atoms with Gasteiger partial charge in [-0.25, -0.2) is 4.98 Å². The van der Waals surface area contributed by atoms with Crippen LogP contribution in [0.2, 0.25) is 5.02 Å². The van der Waals surface area contributed by atoms with Crippen LogP contribution in [0.1, 0.15) is 26.7 Å². The summed E-state index contributed by atoms with van der Waals surface area (Å²) in [6, 6.07) is 3.87. The molecular formula is C11H17ClN2. The highest BCUT2D eigenvalue weighted by Crippen LogP contribution is 2.14. The molecule has 0 radical (unpaired) electrons. The van der Waals surface area contributed by atoms with E-state index in [-0.39, 0.29) is 0 Å². The van der Waals surface area contributed by atoms with Gasteiger partial charge in [0.2, 0.25) is 0 Å². The molecule has 0 saturated heterocycles. The fourth-order valence-corrected chi connectivity index (χ4v) is 1.55. The zero-order chi connectivity index (χ0) is 10.4. The van der Waals surface area contributed by atoms with Gasteiger partial charge in [0.15, 0.2) is 0 Å². The van der Waals surface area contributed by atoms with Crippen LogP contribution in [0, 0.1) is 0 Å². The maximum Gasteiger partial charge on any atom is 0.128 e. The van der Waals surface area contributed by atoms with Crippen LogP contribution in [-0.2, 0) is 0 Å². The molecule has 0 unspecified atom stereocenters. The Bertz CT molecular complexity index is 252. The van der Waals surface area contributed by atoms with Gasteiger partial charge in [-0.1, -0.05) is 25.4 Å². The molecule has 0 aromatic carbocycles. The minimum absolute atomic E-state index is 0.696. The van der Waals surface area contributed by atoms with Crippen LogP contribution in [0.4, 0.5) is 5.82 Å². The van der Waals surface area contributed by atoms with Crippen molar-refractivity contribution in [3.8, 4) is 0 Å². The molecule has 0 saturated carbocycles. The van der Waals surface area contributed by atoms with E-state index in [0.29, 0.717) is 5.02 Å². The summed E-state index contributed by atoms with van der Waals surface area (Å²) in [7, 11) is 0. The van der Waals surface area contributed by atoms with Gasteiger partial charge in [0.1, 0.15) is 5.82 Å². The summed E-state index contributed by atoms with van der Waals surface area (Å²) < 4.78 is 0. The molecule has 1 aromatic heterocycles. The topological polar surface area (TPSA) is 16.1 Å². The van der Waals surface area contributed by atoms with E-state index in [1.165, 1.54) is 0 Å². The number of hydrogen-bond donors (Lipinski definition) is 0. The number of pyridine rings is 1. The van der Waals surface area contributed by atoms with E-state index >= 15 is 0 Å². The molecule has 1 aromatic rings. The smallest absolute Gasteiger partial charge is 0.128 e. The molecule has 0 aliphatic heterocycles. The second-order valence-corrected chi connectivity index (χ2v) is 3.76. The van der Waals surface area contributed by atoms with E-state index in [1.54, 1.807) is 6.20 Å². The minimum Gasteiger partial charge on any atom is -0.357 e. The molecule has 0 bridgehead atoms. The molecule has 0 spiro atoms. The Hall–Kier alpha value is -0.760. The Balaban J connectivity index is 2.71. The monoisotopic (exact) mass is 212 g/mol. The molecule has 0 amide bonds. The van der Waals surface area contributed by atoms with Gasteiger partial charge >= 0.3 is 0 Å². The van der Waals surface area contributed by atoms with Gasteiger partial charge in [0.25, 0.3) is 0 Å². The summed E-state index contributed by atoms with van der Waals surface area (Å²) >= 11 is 5.79. The Morgan fingerprint density at radius 2 is 1.86 bits per heavy atom. The van der Waals surface area contributed by atoms with E-state index in [4.69, 9.17) is 11.6 Å². The Labute approximate surface area is 90.9 Å². The van der Waals surface area contributed by atoms with Crippen molar-refractivity contribution in [3.63, 3.8) is 0 Å². The van der Waals surface area contributed by atoms with Crippen molar-refractivity contribution < 1.29 is 0 Å². The molecule has 0 N–H and O–H groups in total. The lowest BCUT2D eigenvalue weighted by Crippen LogP contribution is -2.25. The van der Waals surface area contributed by atoms with Gasteiger partial charge in [0, 0.05) is 19.3 Å². The van der Waals surface area contributed by atoms with Crippen molar-refractivity contribution in [1.82, 2.24) is 4.98 Å². The number of rotatable bonds is 5. The molecule has 0 aliphatic carbocycles. The van der Waals surface area contributed by atoms with E-state index in [1.807, 2.05) is 12.1 Å². The SMILES string of the molecule is CCCN(CCC)c1ccc(Cl)cn1. The lowest BCUT2D eigenvalue weighted by atomic mass is 10.3. The van der Waals surface area contributed by atoms with Crippen LogP contribution < -0.4 is 4.90 Å². The summed E-state index contributed by atoms with van der Waals surface area (Å²) in [6.45, 7) is 6.47. The van der Waals surface area contributed by atoms with Crippen LogP contribution >= 0.6 is 11.6 Å². The third-order valence-electron chi connectivity index (χ3n) is 2.02. The third kappa shape index (κ3) is 3.18. The molecule has 0 fully saturated rings. The van der Waals surface area contributed by atoms with Crippen molar-refractivity contribution in [3.05, 3.63) is 23.4 Å². The molecular weight excluding hydrogens is 196 g/mol. The number of hydrogen-bond acceptors (Lipinski definition) is 2. The fraction of sp³-hybridized carbons (Fsp3) is 0.545. The molecule has 1 rings (SSSR count). The Kier molecular flexibility index (Phi) is 4.74. The Morgan fingerprint density at radius 1 is 1.21 bits per heavy atom.